The average Bonchev–Trinajstić information content (AvgIpc) is 2.63. The van der Waals surface area contributed by atoms with Gasteiger partial charge in [-0.15, -0.1) is 0 Å². The summed E-state index contributed by atoms with van der Waals surface area (Å²) >= 11 is 0. The summed E-state index contributed by atoms with van der Waals surface area (Å²) in [6, 6.07) is 7.22. The largest absolute Gasteiger partial charge is 0.494 e. The lowest BCUT2D eigenvalue weighted by Crippen LogP contribution is -2.21. The summed E-state index contributed by atoms with van der Waals surface area (Å²) in [5.41, 5.74) is -0.217. The van der Waals surface area contributed by atoms with Crippen LogP contribution >= 0.6 is 0 Å². The number of alkyl halides is 3. The number of rotatable bonds is 9. The Bertz CT molecular complexity index is 721. The summed E-state index contributed by atoms with van der Waals surface area (Å²) in [7, 11) is 0. The Kier molecular flexibility index (Phi) is 7.27. The van der Waals surface area contributed by atoms with Crippen LogP contribution in [0.4, 0.5) is 24.8 Å². The fourth-order valence-corrected chi connectivity index (χ4v) is 2.43. The smallest absolute Gasteiger partial charge is 0.423 e. The van der Waals surface area contributed by atoms with Crippen molar-refractivity contribution in [2.45, 2.75) is 39.8 Å². The Balaban J connectivity index is 2.34. The lowest BCUT2D eigenvalue weighted by atomic mass is 10.2. The number of halogens is 3. The van der Waals surface area contributed by atoms with Crippen LogP contribution in [-0.4, -0.2) is 29.7 Å². The van der Waals surface area contributed by atoms with Crippen LogP contribution in [0, 0.1) is 0 Å². The van der Waals surface area contributed by atoms with Gasteiger partial charge in [-0.1, -0.05) is 13.3 Å². The van der Waals surface area contributed by atoms with E-state index in [1.165, 1.54) is 0 Å². The second-order valence-electron chi connectivity index (χ2n) is 5.76. The Morgan fingerprint density at radius 3 is 2.30 bits per heavy atom. The normalized spacial score (nSPS) is 11.3. The summed E-state index contributed by atoms with van der Waals surface area (Å²) in [6.07, 6.45) is -2.34. The van der Waals surface area contributed by atoms with Crippen molar-refractivity contribution in [3.63, 3.8) is 0 Å². The number of nitrogens with zero attached hydrogens (tertiary/aromatic N) is 3. The minimum atomic E-state index is -4.57. The van der Waals surface area contributed by atoms with Crippen LogP contribution < -0.4 is 14.4 Å². The molecule has 0 bridgehead atoms. The number of anilines is 2. The van der Waals surface area contributed by atoms with E-state index in [2.05, 4.69) is 9.97 Å². The van der Waals surface area contributed by atoms with E-state index < -0.39 is 17.6 Å². The summed E-state index contributed by atoms with van der Waals surface area (Å²) in [5, 5.41) is 0. The fraction of sp³-hybridized carbons (Fsp3) is 0.474. The zero-order valence-corrected chi connectivity index (χ0v) is 15.7. The molecule has 2 aromatic rings. The number of aromatic nitrogens is 2. The highest BCUT2D eigenvalue weighted by atomic mass is 19.4. The number of benzene rings is 1. The van der Waals surface area contributed by atoms with Gasteiger partial charge in [-0.2, -0.15) is 18.2 Å². The first-order chi connectivity index (χ1) is 12.9. The van der Waals surface area contributed by atoms with Crippen molar-refractivity contribution in [1.29, 1.82) is 0 Å². The van der Waals surface area contributed by atoms with E-state index in [4.69, 9.17) is 9.47 Å². The Morgan fingerprint density at radius 2 is 1.74 bits per heavy atom. The number of hydrogen-bond donors (Lipinski definition) is 0. The molecule has 2 rings (SSSR count). The third kappa shape index (κ3) is 5.48. The van der Waals surface area contributed by atoms with E-state index in [0.717, 1.165) is 18.3 Å². The summed E-state index contributed by atoms with van der Waals surface area (Å²) in [6.45, 7) is 6.90. The molecule has 1 aromatic heterocycles. The van der Waals surface area contributed by atoms with Gasteiger partial charge in [-0.3, -0.25) is 0 Å². The van der Waals surface area contributed by atoms with Gasteiger partial charge in [-0.05, 0) is 44.5 Å². The summed E-state index contributed by atoms with van der Waals surface area (Å²) in [5.74, 6) is 0.431. The van der Waals surface area contributed by atoms with E-state index in [1.807, 2.05) is 32.9 Å². The van der Waals surface area contributed by atoms with Gasteiger partial charge >= 0.3 is 6.18 Å². The predicted molar refractivity (Wildman–Crippen MR) is 97.7 cm³/mol. The van der Waals surface area contributed by atoms with Crippen LogP contribution in [0.3, 0.4) is 0 Å². The van der Waals surface area contributed by atoms with E-state index >= 15 is 0 Å². The molecule has 5 nitrogen and oxygen atoms in total. The molecule has 0 atom stereocenters. The fourth-order valence-electron chi connectivity index (χ4n) is 2.43. The maximum Gasteiger partial charge on any atom is 0.423 e. The molecule has 0 aliphatic rings. The maximum absolute atomic E-state index is 13.2. The lowest BCUT2D eigenvalue weighted by molar-refractivity contribution is -0.139. The molecular weight excluding hydrogens is 359 g/mol. The molecule has 27 heavy (non-hydrogen) atoms. The number of unbranched alkanes of at least 4 members (excludes halogenated alkanes) is 1. The van der Waals surface area contributed by atoms with Crippen molar-refractivity contribution in [1.82, 2.24) is 9.97 Å². The Hall–Kier alpha value is -2.51. The molecule has 1 aromatic carbocycles. The Labute approximate surface area is 157 Å². The molecule has 0 spiro atoms. The minimum Gasteiger partial charge on any atom is -0.494 e. The van der Waals surface area contributed by atoms with Crippen LogP contribution in [0.25, 0.3) is 0 Å². The molecule has 0 aliphatic carbocycles. The second kappa shape index (κ2) is 9.43. The standard InChI is InChI=1S/C19H24F3N3O2/c1-4-7-12-27-17-16(19(20,21)22)13-23-18(24-17)25(5-2)14-8-10-15(11-9-14)26-6-3/h8-11,13H,4-7,12H2,1-3H3. The molecule has 0 N–H and O–H groups in total. The molecule has 0 saturated carbocycles. The third-order valence-electron chi connectivity index (χ3n) is 3.80. The first kappa shape index (κ1) is 20.8. The molecule has 148 valence electrons. The molecule has 0 radical (unpaired) electrons. The van der Waals surface area contributed by atoms with Gasteiger partial charge in [0.25, 0.3) is 0 Å². The molecule has 8 heteroatoms. The first-order valence-electron chi connectivity index (χ1n) is 8.98. The van der Waals surface area contributed by atoms with Crippen molar-refractivity contribution in [2.75, 3.05) is 24.7 Å². The van der Waals surface area contributed by atoms with Crippen molar-refractivity contribution >= 4 is 11.6 Å². The molecule has 0 aliphatic heterocycles. The van der Waals surface area contributed by atoms with Crippen LogP contribution in [0.2, 0.25) is 0 Å². The predicted octanol–water partition coefficient (Wildman–Crippen LogP) is 5.23. The van der Waals surface area contributed by atoms with Crippen LogP contribution in [-0.2, 0) is 6.18 Å². The molecule has 0 unspecified atom stereocenters. The van der Waals surface area contributed by atoms with Gasteiger partial charge in [0, 0.05) is 18.4 Å². The zero-order chi connectivity index (χ0) is 19.9. The average molecular weight is 383 g/mol. The monoisotopic (exact) mass is 383 g/mol. The van der Waals surface area contributed by atoms with Gasteiger partial charge < -0.3 is 14.4 Å². The van der Waals surface area contributed by atoms with Crippen molar-refractivity contribution < 1.29 is 22.6 Å². The highest BCUT2D eigenvalue weighted by Gasteiger charge is 2.36. The quantitative estimate of drug-likeness (QED) is 0.555. The molecule has 0 fully saturated rings. The van der Waals surface area contributed by atoms with Crippen LogP contribution in [0.15, 0.2) is 30.5 Å². The van der Waals surface area contributed by atoms with E-state index in [1.54, 1.807) is 17.0 Å². The maximum atomic E-state index is 13.2. The molecular formula is C19H24F3N3O2. The second-order valence-corrected chi connectivity index (χ2v) is 5.76. The Morgan fingerprint density at radius 1 is 1.04 bits per heavy atom. The van der Waals surface area contributed by atoms with Gasteiger partial charge in [0.1, 0.15) is 11.3 Å². The SMILES string of the molecule is CCCCOc1nc(N(CC)c2ccc(OCC)cc2)ncc1C(F)(F)F. The van der Waals surface area contributed by atoms with Gasteiger partial charge in [-0.25, -0.2) is 4.98 Å². The van der Waals surface area contributed by atoms with Crippen molar-refractivity contribution in [3.05, 3.63) is 36.0 Å². The number of ether oxygens (including phenoxy) is 2. The zero-order valence-electron chi connectivity index (χ0n) is 15.7. The molecule has 1 heterocycles. The van der Waals surface area contributed by atoms with Crippen LogP contribution in [0.1, 0.15) is 39.2 Å². The highest BCUT2D eigenvalue weighted by Crippen LogP contribution is 2.36. The van der Waals surface area contributed by atoms with E-state index in [-0.39, 0.29) is 12.6 Å². The van der Waals surface area contributed by atoms with Crippen molar-refractivity contribution in [3.8, 4) is 11.6 Å². The molecule has 0 saturated heterocycles. The lowest BCUT2D eigenvalue weighted by Gasteiger charge is -2.22. The topological polar surface area (TPSA) is 47.5 Å². The minimum absolute atomic E-state index is 0.154. The third-order valence-corrected chi connectivity index (χ3v) is 3.80. The van der Waals surface area contributed by atoms with Crippen molar-refractivity contribution in [2.24, 2.45) is 0 Å². The van der Waals surface area contributed by atoms with E-state index in [0.29, 0.717) is 25.3 Å². The number of hydrogen-bond acceptors (Lipinski definition) is 5. The van der Waals surface area contributed by atoms with Crippen LogP contribution in [0.5, 0.6) is 11.6 Å². The summed E-state index contributed by atoms with van der Waals surface area (Å²) < 4.78 is 50.4. The highest BCUT2D eigenvalue weighted by molar-refractivity contribution is 5.58. The first-order valence-corrected chi connectivity index (χ1v) is 8.98. The van der Waals surface area contributed by atoms with Gasteiger partial charge in [0.15, 0.2) is 0 Å². The van der Waals surface area contributed by atoms with Gasteiger partial charge in [0.05, 0.1) is 13.2 Å². The summed E-state index contributed by atoms with van der Waals surface area (Å²) in [4.78, 5) is 9.69. The molecule has 0 amide bonds. The van der Waals surface area contributed by atoms with Gasteiger partial charge in [0.2, 0.25) is 11.8 Å². The van der Waals surface area contributed by atoms with E-state index in [9.17, 15) is 13.2 Å².